The van der Waals surface area contributed by atoms with Gasteiger partial charge in [-0.05, 0) is 24.6 Å². The fourth-order valence-corrected chi connectivity index (χ4v) is 2.33. The zero-order valence-corrected chi connectivity index (χ0v) is 11.2. The molecule has 2 amide bonds. The van der Waals surface area contributed by atoms with E-state index in [1.165, 1.54) is 0 Å². The molecule has 6 heteroatoms. The Hall–Kier alpha value is -1.59. The Kier molecular flexibility index (Phi) is 4.39. The van der Waals surface area contributed by atoms with Gasteiger partial charge in [0.2, 0.25) is 11.8 Å². The number of carbonyl (C=O) groups is 2. The van der Waals surface area contributed by atoms with Crippen molar-refractivity contribution < 1.29 is 9.59 Å². The normalized spacial score (nSPS) is 18.7. The second kappa shape index (κ2) is 6.04. The first-order valence-corrected chi connectivity index (χ1v) is 6.56. The molecule has 1 aliphatic heterocycles. The molecule has 2 rings (SSSR count). The molecular formula is C13H16ClN3O2. The van der Waals surface area contributed by atoms with E-state index in [0.717, 1.165) is 5.69 Å². The van der Waals surface area contributed by atoms with Crippen LogP contribution in [-0.2, 0) is 9.59 Å². The molecule has 0 saturated carbocycles. The average Bonchev–Trinajstić information content (AvgIpc) is 2.78. The predicted octanol–water partition coefficient (Wildman–Crippen LogP) is 0.768. The highest BCUT2D eigenvalue weighted by atomic mass is 35.5. The van der Waals surface area contributed by atoms with Crippen molar-refractivity contribution in [1.82, 2.24) is 5.32 Å². The summed E-state index contributed by atoms with van der Waals surface area (Å²) in [4.78, 5) is 25.6. The van der Waals surface area contributed by atoms with E-state index in [-0.39, 0.29) is 11.8 Å². The first kappa shape index (κ1) is 13.8. The van der Waals surface area contributed by atoms with E-state index in [9.17, 15) is 9.59 Å². The van der Waals surface area contributed by atoms with Gasteiger partial charge in [-0.25, -0.2) is 0 Å². The van der Waals surface area contributed by atoms with Gasteiger partial charge in [-0.15, -0.1) is 0 Å². The second-order valence-corrected chi connectivity index (χ2v) is 4.83. The van der Waals surface area contributed by atoms with Crippen LogP contribution in [0, 0.1) is 5.92 Å². The van der Waals surface area contributed by atoms with Crippen LogP contribution in [0.3, 0.4) is 0 Å². The summed E-state index contributed by atoms with van der Waals surface area (Å²) in [5.41, 5.74) is 6.05. The Morgan fingerprint density at radius 2 is 2.32 bits per heavy atom. The molecule has 1 aromatic carbocycles. The molecule has 1 aromatic rings. The molecule has 1 heterocycles. The molecule has 19 heavy (non-hydrogen) atoms. The molecule has 0 spiro atoms. The Bertz CT molecular complexity index is 493. The van der Waals surface area contributed by atoms with Gasteiger partial charge in [0.1, 0.15) is 5.92 Å². The van der Waals surface area contributed by atoms with Crippen molar-refractivity contribution in [2.24, 2.45) is 11.7 Å². The standard InChI is InChI=1S/C13H16ClN3O2/c14-9-2-1-3-10(8-9)17-7-4-11(13(17)19)12(18)16-6-5-15/h1-3,8,11H,4-7,15H2,(H,16,18). The third-order valence-electron chi connectivity index (χ3n) is 3.09. The average molecular weight is 282 g/mol. The summed E-state index contributed by atoms with van der Waals surface area (Å²) < 4.78 is 0. The fraction of sp³-hybridized carbons (Fsp3) is 0.385. The van der Waals surface area contributed by atoms with Crippen LogP contribution in [0.5, 0.6) is 0 Å². The van der Waals surface area contributed by atoms with Gasteiger partial charge >= 0.3 is 0 Å². The third-order valence-corrected chi connectivity index (χ3v) is 3.32. The highest BCUT2D eigenvalue weighted by Gasteiger charge is 2.37. The molecule has 1 aliphatic rings. The van der Waals surface area contributed by atoms with Crippen LogP contribution in [0.2, 0.25) is 5.02 Å². The van der Waals surface area contributed by atoms with E-state index in [0.29, 0.717) is 31.1 Å². The lowest BCUT2D eigenvalue weighted by molar-refractivity contribution is -0.132. The van der Waals surface area contributed by atoms with Crippen LogP contribution in [0.25, 0.3) is 0 Å². The summed E-state index contributed by atoms with van der Waals surface area (Å²) in [5, 5.41) is 3.22. The van der Waals surface area contributed by atoms with Crippen LogP contribution in [0.1, 0.15) is 6.42 Å². The summed E-state index contributed by atoms with van der Waals surface area (Å²) in [6, 6.07) is 7.06. The minimum atomic E-state index is -0.620. The number of nitrogens with two attached hydrogens (primary N) is 1. The minimum absolute atomic E-state index is 0.184. The van der Waals surface area contributed by atoms with Gasteiger partial charge < -0.3 is 16.0 Å². The van der Waals surface area contributed by atoms with Gasteiger partial charge in [-0.2, -0.15) is 0 Å². The smallest absolute Gasteiger partial charge is 0.239 e. The number of nitrogens with one attached hydrogen (secondary N) is 1. The van der Waals surface area contributed by atoms with E-state index in [1.54, 1.807) is 23.1 Å². The van der Waals surface area contributed by atoms with Gasteiger partial charge in [0, 0.05) is 30.3 Å². The Morgan fingerprint density at radius 3 is 3.00 bits per heavy atom. The lowest BCUT2D eigenvalue weighted by Crippen LogP contribution is -2.38. The molecule has 0 bridgehead atoms. The number of nitrogens with zero attached hydrogens (tertiary/aromatic N) is 1. The molecule has 5 nitrogen and oxygen atoms in total. The maximum absolute atomic E-state index is 12.2. The molecule has 1 fully saturated rings. The van der Waals surface area contributed by atoms with Crippen LogP contribution in [-0.4, -0.2) is 31.4 Å². The van der Waals surface area contributed by atoms with Crippen LogP contribution < -0.4 is 16.0 Å². The predicted molar refractivity (Wildman–Crippen MR) is 74.0 cm³/mol. The molecule has 0 aromatic heterocycles. The zero-order chi connectivity index (χ0) is 13.8. The van der Waals surface area contributed by atoms with E-state index in [2.05, 4.69) is 5.32 Å². The quantitative estimate of drug-likeness (QED) is 0.801. The fourth-order valence-electron chi connectivity index (χ4n) is 2.14. The molecule has 3 N–H and O–H groups in total. The van der Waals surface area contributed by atoms with Crippen molar-refractivity contribution in [3.63, 3.8) is 0 Å². The molecule has 0 radical (unpaired) electrons. The van der Waals surface area contributed by atoms with Crippen molar-refractivity contribution in [2.75, 3.05) is 24.5 Å². The Labute approximate surface area is 116 Å². The summed E-state index contributed by atoms with van der Waals surface area (Å²) in [6.07, 6.45) is 0.516. The van der Waals surface area contributed by atoms with Crippen molar-refractivity contribution in [1.29, 1.82) is 0 Å². The maximum Gasteiger partial charge on any atom is 0.239 e. The first-order valence-electron chi connectivity index (χ1n) is 6.18. The number of benzene rings is 1. The maximum atomic E-state index is 12.2. The second-order valence-electron chi connectivity index (χ2n) is 4.39. The lowest BCUT2D eigenvalue weighted by Gasteiger charge is -2.17. The van der Waals surface area contributed by atoms with Crippen molar-refractivity contribution in [2.45, 2.75) is 6.42 Å². The SMILES string of the molecule is NCCNC(=O)C1CCN(c2cccc(Cl)c2)C1=O. The molecule has 1 saturated heterocycles. The number of hydrogen-bond donors (Lipinski definition) is 2. The molecule has 102 valence electrons. The number of anilines is 1. The number of rotatable bonds is 4. The Morgan fingerprint density at radius 1 is 1.53 bits per heavy atom. The van der Waals surface area contributed by atoms with Gasteiger partial charge in [-0.1, -0.05) is 17.7 Å². The van der Waals surface area contributed by atoms with Gasteiger partial charge in [0.15, 0.2) is 0 Å². The lowest BCUT2D eigenvalue weighted by atomic mass is 10.1. The number of hydrogen-bond acceptors (Lipinski definition) is 3. The minimum Gasteiger partial charge on any atom is -0.354 e. The monoisotopic (exact) mass is 281 g/mol. The summed E-state index contributed by atoms with van der Waals surface area (Å²) in [5.74, 6) is -1.05. The van der Waals surface area contributed by atoms with Crippen LogP contribution in [0.4, 0.5) is 5.69 Å². The first-order chi connectivity index (χ1) is 9.13. The number of carbonyl (C=O) groups excluding carboxylic acids is 2. The van der Waals surface area contributed by atoms with E-state index >= 15 is 0 Å². The van der Waals surface area contributed by atoms with Crippen molar-refractivity contribution in [3.8, 4) is 0 Å². The van der Waals surface area contributed by atoms with Crippen LogP contribution >= 0.6 is 11.6 Å². The summed E-state index contributed by atoms with van der Waals surface area (Å²) in [7, 11) is 0. The highest BCUT2D eigenvalue weighted by molar-refractivity contribution is 6.31. The highest BCUT2D eigenvalue weighted by Crippen LogP contribution is 2.27. The molecule has 1 unspecified atom stereocenters. The van der Waals surface area contributed by atoms with E-state index < -0.39 is 5.92 Å². The number of halogens is 1. The van der Waals surface area contributed by atoms with E-state index in [1.807, 2.05) is 6.07 Å². The molecular weight excluding hydrogens is 266 g/mol. The zero-order valence-electron chi connectivity index (χ0n) is 10.4. The summed E-state index contributed by atoms with van der Waals surface area (Å²) in [6.45, 7) is 1.28. The van der Waals surface area contributed by atoms with Crippen molar-refractivity contribution >= 4 is 29.1 Å². The molecule has 0 aliphatic carbocycles. The van der Waals surface area contributed by atoms with Gasteiger partial charge in [-0.3, -0.25) is 9.59 Å². The molecule has 1 atom stereocenters. The van der Waals surface area contributed by atoms with E-state index in [4.69, 9.17) is 17.3 Å². The van der Waals surface area contributed by atoms with Crippen LogP contribution in [0.15, 0.2) is 24.3 Å². The van der Waals surface area contributed by atoms with Crippen molar-refractivity contribution in [3.05, 3.63) is 29.3 Å². The van der Waals surface area contributed by atoms with Gasteiger partial charge in [0.25, 0.3) is 0 Å². The largest absolute Gasteiger partial charge is 0.354 e. The number of amides is 2. The topological polar surface area (TPSA) is 75.4 Å². The van der Waals surface area contributed by atoms with Gasteiger partial charge in [0.05, 0.1) is 0 Å². The summed E-state index contributed by atoms with van der Waals surface area (Å²) >= 11 is 5.91. The third kappa shape index (κ3) is 3.05. The Balaban J connectivity index is 2.07.